The molecule has 98 valence electrons. The fourth-order valence-corrected chi connectivity index (χ4v) is 2.79. The third kappa shape index (κ3) is 3.68. The largest absolute Gasteiger partial charge is 0.378 e. The smallest absolute Gasteiger partial charge is 0.239 e. The van der Waals surface area contributed by atoms with Crippen molar-refractivity contribution in [3.05, 3.63) is 0 Å². The lowest BCUT2D eigenvalue weighted by atomic mass is 9.80. The van der Waals surface area contributed by atoms with Crippen LogP contribution >= 0.6 is 0 Å². The molecule has 4 heteroatoms. The summed E-state index contributed by atoms with van der Waals surface area (Å²) < 4.78 is 5.29. The molecule has 17 heavy (non-hydrogen) atoms. The van der Waals surface area contributed by atoms with E-state index in [1.807, 2.05) is 0 Å². The number of carbonyl (C=O) groups is 1. The molecule has 0 radical (unpaired) electrons. The molecule has 1 aliphatic heterocycles. The fraction of sp³-hybridized carbons (Fsp3) is 0.923. The molecule has 0 spiro atoms. The monoisotopic (exact) mass is 240 g/mol. The molecule has 1 heterocycles. The third-order valence-corrected chi connectivity index (χ3v) is 4.07. The molecular formula is C13H24N2O2. The Kier molecular flexibility index (Phi) is 4.80. The van der Waals surface area contributed by atoms with Gasteiger partial charge in [0.15, 0.2) is 0 Å². The highest BCUT2D eigenvalue weighted by atomic mass is 16.5. The van der Waals surface area contributed by atoms with Gasteiger partial charge >= 0.3 is 0 Å². The number of rotatable bonds is 3. The van der Waals surface area contributed by atoms with Crippen LogP contribution in [0.1, 0.15) is 32.6 Å². The molecule has 0 bridgehead atoms. The van der Waals surface area contributed by atoms with Crippen molar-refractivity contribution in [1.82, 2.24) is 10.6 Å². The van der Waals surface area contributed by atoms with Gasteiger partial charge in [-0.15, -0.1) is 0 Å². The first-order valence-electron chi connectivity index (χ1n) is 6.86. The van der Waals surface area contributed by atoms with Crippen LogP contribution in [0.15, 0.2) is 0 Å². The van der Waals surface area contributed by atoms with Crippen LogP contribution in [-0.2, 0) is 9.53 Å². The number of ether oxygens (including phenoxy) is 1. The molecule has 1 saturated carbocycles. The van der Waals surface area contributed by atoms with Crippen molar-refractivity contribution in [2.75, 3.05) is 26.3 Å². The topological polar surface area (TPSA) is 50.4 Å². The van der Waals surface area contributed by atoms with E-state index < -0.39 is 0 Å². The van der Waals surface area contributed by atoms with Crippen molar-refractivity contribution in [2.24, 2.45) is 11.8 Å². The maximum absolute atomic E-state index is 11.9. The molecule has 2 rings (SSSR count). The van der Waals surface area contributed by atoms with Gasteiger partial charge in [0.2, 0.25) is 5.91 Å². The Morgan fingerprint density at radius 3 is 2.94 bits per heavy atom. The molecule has 3 unspecified atom stereocenters. The predicted octanol–water partition coefficient (Wildman–Crippen LogP) is 0.917. The number of nitrogens with one attached hydrogen (secondary N) is 2. The van der Waals surface area contributed by atoms with Crippen LogP contribution in [0, 0.1) is 11.8 Å². The molecule has 0 aromatic heterocycles. The van der Waals surface area contributed by atoms with E-state index in [9.17, 15) is 4.79 Å². The quantitative estimate of drug-likeness (QED) is 0.771. The van der Waals surface area contributed by atoms with Gasteiger partial charge in [-0.05, 0) is 18.3 Å². The Labute approximate surface area is 103 Å². The summed E-state index contributed by atoms with van der Waals surface area (Å²) in [6.45, 7) is 5.13. The Hall–Kier alpha value is -0.610. The zero-order chi connectivity index (χ0) is 12.1. The minimum absolute atomic E-state index is 0.0995. The Balaban J connectivity index is 1.71. The van der Waals surface area contributed by atoms with Crippen LogP contribution in [0.4, 0.5) is 0 Å². The van der Waals surface area contributed by atoms with Gasteiger partial charge in [-0.1, -0.05) is 26.2 Å². The van der Waals surface area contributed by atoms with Crippen LogP contribution in [-0.4, -0.2) is 38.3 Å². The third-order valence-electron chi connectivity index (χ3n) is 4.07. The summed E-state index contributed by atoms with van der Waals surface area (Å²) in [5.74, 6) is 1.51. The molecule has 3 atom stereocenters. The van der Waals surface area contributed by atoms with Crippen molar-refractivity contribution in [1.29, 1.82) is 0 Å². The molecule has 0 aromatic carbocycles. The first kappa shape index (κ1) is 12.8. The van der Waals surface area contributed by atoms with Gasteiger partial charge in [-0.25, -0.2) is 0 Å². The zero-order valence-corrected chi connectivity index (χ0v) is 10.7. The van der Waals surface area contributed by atoms with E-state index in [4.69, 9.17) is 4.74 Å². The molecule has 2 aliphatic rings. The Morgan fingerprint density at radius 2 is 2.24 bits per heavy atom. The highest BCUT2D eigenvalue weighted by molar-refractivity contribution is 5.81. The summed E-state index contributed by atoms with van der Waals surface area (Å²) in [6, 6.07) is -0.150. The van der Waals surface area contributed by atoms with E-state index in [0.29, 0.717) is 19.1 Å². The van der Waals surface area contributed by atoms with Gasteiger partial charge < -0.3 is 15.4 Å². The van der Waals surface area contributed by atoms with Crippen LogP contribution in [0.2, 0.25) is 0 Å². The number of hydrogen-bond donors (Lipinski definition) is 2. The van der Waals surface area contributed by atoms with Crippen molar-refractivity contribution in [2.45, 2.75) is 38.6 Å². The first-order chi connectivity index (χ1) is 8.27. The van der Waals surface area contributed by atoms with Crippen LogP contribution < -0.4 is 10.6 Å². The van der Waals surface area contributed by atoms with E-state index in [2.05, 4.69) is 17.6 Å². The summed E-state index contributed by atoms with van der Waals surface area (Å²) in [7, 11) is 0. The number of carbonyl (C=O) groups excluding carboxylic acids is 1. The molecule has 1 amide bonds. The van der Waals surface area contributed by atoms with Gasteiger partial charge in [0, 0.05) is 13.1 Å². The summed E-state index contributed by atoms with van der Waals surface area (Å²) in [6.07, 6.45) is 5.24. The van der Waals surface area contributed by atoms with Gasteiger partial charge in [-0.3, -0.25) is 4.79 Å². The normalized spacial score (nSPS) is 34.3. The molecule has 1 saturated heterocycles. The summed E-state index contributed by atoms with van der Waals surface area (Å²) in [4.78, 5) is 11.9. The number of amides is 1. The van der Waals surface area contributed by atoms with E-state index >= 15 is 0 Å². The standard InChI is InChI=1S/C13H24N2O2/c1-10-4-2-3-5-11(10)8-15-13(16)12-9-17-7-6-14-12/h10-12,14H,2-9H2,1H3,(H,15,16). The van der Waals surface area contributed by atoms with E-state index in [1.54, 1.807) is 0 Å². The Morgan fingerprint density at radius 1 is 1.41 bits per heavy atom. The second-order valence-electron chi connectivity index (χ2n) is 5.35. The highest BCUT2D eigenvalue weighted by Gasteiger charge is 2.24. The van der Waals surface area contributed by atoms with E-state index in [1.165, 1.54) is 25.7 Å². The van der Waals surface area contributed by atoms with Crippen LogP contribution in [0.5, 0.6) is 0 Å². The van der Waals surface area contributed by atoms with E-state index in [0.717, 1.165) is 19.0 Å². The molecule has 2 fully saturated rings. The average molecular weight is 240 g/mol. The lowest BCUT2D eigenvalue weighted by Crippen LogP contribution is -2.52. The predicted molar refractivity (Wildman–Crippen MR) is 66.7 cm³/mol. The maximum Gasteiger partial charge on any atom is 0.239 e. The number of hydrogen-bond acceptors (Lipinski definition) is 3. The van der Waals surface area contributed by atoms with Crippen LogP contribution in [0.3, 0.4) is 0 Å². The lowest BCUT2D eigenvalue weighted by Gasteiger charge is -2.30. The number of morpholine rings is 1. The van der Waals surface area contributed by atoms with Gasteiger partial charge in [-0.2, -0.15) is 0 Å². The molecule has 2 N–H and O–H groups in total. The minimum Gasteiger partial charge on any atom is -0.378 e. The van der Waals surface area contributed by atoms with Gasteiger partial charge in [0.1, 0.15) is 6.04 Å². The van der Waals surface area contributed by atoms with E-state index in [-0.39, 0.29) is 11.9 Å². The second-order valence-corrected chi connectivity index (χ2v) is 5.35. The molecular weight excluding hydrogens is 216 g/mol. The lowest BCUT2D eigenvalue weighted by molar-refractivity contribution is -0.126. The minimum atomic E-state index is -0.150. The molecule has 1 aliphatic carbocycles. The highest BCUT2D eigenvalue weighted by Crippen LogP contribution is 2.28. The Bertz CT molecular complexity index is 252. The zero-order valence-electron chi connectivity index (χ0n) is 10.7. The summed E-state index contributed by atoms with van der Waals surface area (Å²) in [5, 5.41) is 6.25. The SMILES string of the molecule is CC1CCCCC1CNC(=O)C1COCCN1. The van der Waals surface area contributed by atoms with Crippen molar-refractivity contribution in [3.63, 3.8) is 0 Å². The van der Waals surface area contributed by atoms with Gasteiger partial charge in [0.05, 0.1) is 13.2 Å². The summed E-state index contributed by atoms with van der Waals surface area (Å²) in [5.41, 5.74) is 0. The van der Waals surface area contributed by atoms with Crippen LogP contribution in [0.25, 0.3) is 0 Å². The summed E-state index contributed by atoms with van der Waals surface area (Å²) >= 11 is 0. The van der Waals surface area contributed by atoms with Crippen molar-refractivity contribution >= 4 is 5.91 Å². The van der Waals surface area contributed by atoms with Crippen molar-refractivity contribution < 1.29 is 9.53 Å². The van der Waals surface area contributed by atoms with Gasteiger partial charge in [0.25, 0.3) is 0 Å². The molecule has 0 aromatic rings. The fourth-order valence-electron chi connectivity index (χ4n) is 2.79. The maximum atomic E-state index is 11.9. The second kappa shape index (κ2) is 6.36. The molecule has 4 nitrogen and oxygen atoms in total. The average Bonchev–Trinajstić information content (AvgIpc) is 2.38. The van der Waals surface area contributed by atoms with Crippen molar-refractivity contribution in [3.8, 4) is 0 Å². The first-order valence-corrected chi connectivity index (χ1v) is 6.86.